The molecule has 136 valence electrons. The molecule has 0 saturated heterocycles. The lowest BCUT2D eigenvalue weighted by Gasteiger charge is -2.20. The molecule has 4 amide bonds. The minimum atomic E-state index is -0.335. The Bertz CT molecular complexity index is 612. The molecule has 7 heteroatoms. The Morgan fingerprint density at radius 2 is 1.68 bits per heavy atom. The average molecular weight is 346 g/mol. The Hall–Kier alpha value is -2.57. The van der Waals surface area contributed by atoms with Crippen LogP contribution in [-0.2, 0) is 9.59 Å². The molecule has 1 aliphatic rings. The van der Waals surface area contributed by atoms with Gasteiger partial charge in [0, 0.05) is 24.8 Å². The molecule has 0 radical (unpaired) electrons. The predicted octanol–water partition coefficient (Wildman–Crippen LogP) is 2.46. The van der Waals surface area contributed by atoms with Crippen LogP contribution in [0.3, 0.4) is 0 Å². The van der Waals surface area contributed by atoms with E-state index in [0.717, 1.165) is 12.8 Å². The maximum Gasteiger partial charge on any atom is 0.318 e. The van der Waals surface area contributed by atoms with Gasteiger partial charge in [0.15, 0.2) is 0 Å². The SMILES string of the molecule is CNC(=O)Nc1cccc(NC(=O)CNC(=O)CC2CCCCC2)c1. The van der Waals surface area contributed by atoms with Crippen molar-refractivity contribution >= 4 is 29.2 Å². The standard InChI is InChI=1S/C18H26N4O3/c1-19-18(25)22-15-9-5-8-14(11-15)21-17(24)12-20-16(23)10-13-6-3-2-4-7-13/h5,8-9,11,13H,2-4,6-7,10,12H2,1H3,(H,20,23)(H,21,24)(H2,19,22,25). The zero-order chi connectivity index (χ0) is 18.1. The zero-order valence-corrected chi connectivity index (χ0v) is 14.6. The van der Waals surface area contributed by atoms with E-state index in [0.29, 0.717) is 23.7 Å². The summed E-state index contributed by atoms with van der Waals surface area (Å²) in [7, 11) is 1.52. The van der Waals surface area contributed by atoms with Crippen molar-refractivity contribution < 1.29 is 14.4 Å². The Morgan fingerprint density at radius 3 is 2.36 bits per heavy atom. The summed E-state index contributed by atoms with van der Waals surface area (Å²) in [6.07, 6.45) is 6.35. The summed E-state index contributed by atoms with van der Waals surface area (Å²) >= 11 is 0. The number of amides is 4. The summed E-state index contributed by atoms with van der Waals surface area (Å²) in [5, 5.41) is 10.5. The number of nitrogens with one attached hydrogen (secondary N) is 4. The van der Waals surface area contributed by atoms with Gasteiger partial charge in [-0.15, -0.1) is 0 Å². The highest BCUT2D eigenvalue weighted by Crippen LogP contribution is 2.26. The minimum absolute atomic E-state index is 0.0569. The van der Waals surface area contributed by atoms with Crippen LogP contribution in [0.5, 0.6) is 0 Å². The highest BCUT2D eigenvalue weighted by atomic mass is 16.2. The third-order valence-corrected chi connectivity index (χ3v) is 4.28. The molecule has 1 fully saturated rings. The van der Waals surface area contributed by atoms with Crippen LogP contribution in [-0.4, -0.2) is 31.4 Å². The van der Waals surface area contributed by atoms with Gasteiger partial charge in [-0.3, -0.25) is 9.59 Å². The highest BCUT2D eigenvalue weighted by molar-refractivity contribution is 5.95. The summed E-state index contributed by atoms with van der Waals surface area (Å²) in [6.45, 7) is -0.0569. The number of urea groups is 1. The second-order valence-electron chi connectivity index (χ2n) is 6.32. The van der Waals surface area contributed by atoms with Gasteiger partial charge in [-0.25, -0.2) is 4.79 Å². The average Bonchev–Trinajstić information content (AvgIpc) is 2.61. The lowest BCUT2D eigenvalue weighted by Crippen LogP contribution is -2.34. The quantitative estimate of drug-likeness (QED) is 0.637. The molecular formula is C18H26N4O3. The van der Waals surface area contributed by atoms with Gasteiger partial charge in [-0.2, -0.15) is 0 Å². The number of anilines is 2. The first-order valence-electron chi connectivity index (χ1n) is 8.72. The van der Waals surface area contributed by atoms with Crippen molar-refractivity contribution in [2.75, 3.05) is 24.2 Å². The maximum absolute atomic E-state index is 12.0. The van der Waals surface area contributed by atoms with E-state index in [1.54, 1.807) is 24.3 Å². The monoisotopic (exact) mass is 346 g/mol. The lowest BCUT2D eigenvalue weighted by molar-refractivity contribution is -0.125. The van der Waals surface area contributed by atoms with Crippen molar-refractivity contribution in [1.29, 1.82) is 0 Å². The second-order valence-corrected chi connectivity index (χ2v) is 6.32. The highest BCUT2D eigenvalue weighted by Gasteiger charge is 2.17. The van der Waals surface area contributed by atoms with Crippen molar-refractivity contribution in [2.24, 2.45) is 5.92 Å². The molecule has 0 unspecified atom stereocenters. The van der Waals surface area contributed by atoms with Gasteiger partial charge >= 0.3 is 6.03 Å². The van der Waals surface area contributed by atoms with Crippen LogP contribution in [0.2, 0.25) is 0 Å². The van der Waals surface area contributed by atoms with Crippen molar-refractivity contribution in [3.05, 3.63) is 24.3 Å². The van der Waals surface area contributed by atoms with Gasteiger partial charge in [0.2, 0.25) is 11.8 Å². The van der Waals surface area contributed by atoms with Gasteiger partial charge in [0.25, 0.3) is 0 Å². The summed E-state index contributed by atoms with van der Waals surface area (Å²) in [5.41, 5.74) is 1.12. The van der Waals surface area contributed by atoms with E-state index in [1.165, 1.54) is 26.3 Å². The van der Waals surface area contributed by atoms with Crippen molar-refractivity contribution in [3.63, 3.8) is 0 Å². The molecule has 0 spiro atoms. The molecule has 1 aliphatic carbocycles. The van der Waals surface area contributed by atoms with Gasteiger partial charge in [-0.1, -0.05) is 25.3 Å². The summed E-state index contributed by atoms with van der Waals surface area (Å²) in [5.74, 6) is 0.0791. The van der Waals surface area contributed by atoms with E-state index in [4.69, 9.17) is 0 Å². The number of carbonyl (C=O) groups is 3. The van der Waals surface area contributed by atoms with Crippen LogP contribution in [0, 0.1) is 5.92 Å². The molecule has 1 saturated carbocycles. The molecule has 0 atom stereocenters. The maximum atomic E-state index is 12.0. The predicted molar refractivity (Wildman–Crippen MR) is 97.4 cm³/mol. The Labute approximate surface area is 147 Å². The molecular weight excluding hydrogens is 320 g/mol. The largest absolute Gasteiger partial charge is 0.347 e. The minimum Gasteiger partial charge on any atom is -0.347 e. The molecule has 0 heterocycles. The van der Waals surface area contributed by atoms with Gasteiger partial charge in [0.1, 0.15) is 0 Å². The Balaban J connectivity index is 1.75. The van der Waals surface area contributed by atoms with E-state index >= 15 is 0 Å². The lowest BCUT2D eigenvalue weighted by atomic mass is 9.87. The topological polar surface area (TPSA) is 99.3 Å². The first kappa shape index (κ1) is 18.8. The molecule has 7 nitrogen and oxygen atoms in total. The van der Waals surface area contributed by atoms with E-state index in [-0.39, 0.29) is 24.4 Å². The van der Waals surface area contributed by atoms with E-state index < -0.39 is 0 Å². The van der Waals surface area contributed by atoms with Gasteiger partial charge in [-0.05, 0) is 37.0 Å². The first-order chi connectivity index (χ1) is 12.1. The second kappa shape index (κ2) is 9.66. The normalized spacial score (nSPS) is 14.4. The van der Waals surface area contributed by atoms with Crippen LogP contribution < -0.4 is 21.3 Å². The van der Waals surface area contributed by atoms with Crippen molar-refractivity contribution in [3.8, 4) is 0 Å². The molecule has 25 heavy (non-hydrogen) atoms. The number of benzene rings is 1. The van der Waals surface area contributed by atoms with Crippen LogP contribution in [0.1, 0.15) is 38.5 Å². The zero-order valence-electron chi connectivity index (χ0n) is 14.6. The molecule has 0 aromatic heterocycles. The molecule has 0 bridgehead atoms. The fourth-order valence-corrected chi connectivity index (χ4v) is 2.98. The number of rotatable bonds is 6. The van der Waals surface area contributed by atoms with E-state index in [2.05, 4.69) is 21.3 Å². The summed E-state index contributed by atoms with van der Waals surface area (Å²) in [6, 6.07) is 6.48. The fraction of sp³-hybridized carbons (Fsp3) is 0.500. The van der Waals surface area contributed by atoms with Gasteiger partial charge < -0.3 is 21.3 Å². The summed E-state index contributed by atoms with van der Waals surface area (Å²) in [4.78, 5) is 35.2. The summed E-state index contributed by atoms with van der Waals surface area (Å²) < 4.78 is 0. The Morgan fingerprint density at radius 1 is 1.00 bits per heavy atom. The number of hydrogen-bond donors (Lipinski definition) is 4. The molecule has 1 aromatic carbocycles. The Kier molecular flexibility index (Phi) is 7.25. The molecule has 2 rings (SSSR count). The number of hydrogen-bond acceptors (Lipinski definition) is 3. The first-order valence-corrected chi connectivity index (χ1v) is 8.72. The van der Waals surface area contributed by atoms with Crippen molar-refractivity contribution in [2.45, 2.75) is 38.5 Å². The van der Waals surface area contributed by atoms with E-state index in [1.807, 2.05) is 0 Å². The van der Waals surface area contributed by atoms with Crippen molar-refractivity contribution in [1.82, 2.24) is 10.6 Å². The van der Waals surface area contributed by atoms with Gasteiger partial charge in [0.05, 0.1) is 6.54 Å². The fourth-order valence-electron chi connectivity index (χ4n) is 2.98. The van der Waals surface area contributed by atoms with E-state index in [9.17, 15) is 14.4 Å². The third-order valence-electron chi connectivity index (χ3n) is 4.28. The molecule has 0 aliphatic heterocycles. The molecule has 4 N–H and O–H groups in total. The van der Waals surface area contributed by atoms with Crippen LogP contribution in [0.15, 0.2) is 24.3 Å². The van der Waals surface area contributed by atoms with Crippen LogP contribution >= 0.6 is 0 Å². The smallest absolute Gasteiger partial charge is 0.318 e. The number of carbonyl (C=O) groups excluding carboxylic acids is 3. The molecule has 1 aromatic rings. The third kappa shape index (κ3) is 6.82. The van der Waals surface area contributed by atoms with Crippen LogP contribution in [0.4, 0.5) is 16.2 Å². The van der Waals surface area contributed by atoms with Crippen LogP contribution in [0.25, 0.3) is 0 Å².